The van der Waals surface area contributed by atoms with Gasteiger partial charge in [0, 0.05) is 9.89 Å². The number of rotatable bonds is 5. The van der Waals surface area contributed by atoms with E-state index in [1.54, 1.807) is 13.8 Å². The molecule has 0 saturated heterocycles. The zero-order valence-electron chi connectivity index (χ0n) is 19.8. The Morgan fingerprint density at radius 3 is 2.20 bits per heavy atom. The summed E-state index contributed by atoms with van der Waals surface area (Å²) >= 11 is 3.65. The monoisotopic (exact) mass is 530 g/mol. The van der Waals surface area contributed by atoms with Crippen LogP contribution in [0.25, 0.3) is 5.57 Å². The van der Waals surface area contributed by atoms with Crippen molar-refractivity contribution in [2.24, 2.45) is 5.41 Å². The first-order valence-corrected chi connectivity index (χ1v) is 12.8. The summed E-state index contributed by atoms with van der Waals surface area (Å²) in [6, 6.07) is 24.6. The van der Waals surface area contributed by atoms with Crippen molar-refractivity contribution < 1.29 is 19.1 Å². The quantitative estimate of drug-likeness (QED) is 0.289. The van der Waals surface area contributed by atoms with Crippen molar-refractivity contribution in [1.82, 2.24) is 0 Å². The summed E-state index contributed by atoms with van der Waals surface area (Å²) in [5, 5.41) is 0. The molecule has 1 atom stereocenters. The summed E-state index contributed by atoms with van der Waals surface area (Å²) in [6.07, 6.45) is 2.73. The molecule has 35 heavy (non-hydrogen) atoms. The third kappa shape index (κ3) is 3.73. The average molecular weight is 531 g/mol. The van der Waals surface area contributed by atoms with Crippen LogP contribution in [0, 0.1) is 5.41 Å². The molecule has 1 unspecified atom stereocenters. The Morgan fingerprint density at radius 1 is 0.857 bits per heavy atom. The molecule has 3 aromatic carbocycles. The molecule has 0 bridgehead atoms. The molecular formula is C30H27BrO4. The molecule has 5 rings (SSSR count). The fraction of sp³-hybridized carbons (Fsp3) is 0.267. The Bertz CT molecular complexity index is 1310. The van der Waals surface area contributed by atoms with Gasteiger partial charge in [0.2, 0.25) is 0 Å². The van der Waals surface area contributed by atoms with Crippen LogP contribution < -0.4 is 0 Å². The van der Waals surface area contributed by atoms with E-state index in [2.05, 4.69) is 52.3 Å². The summed E-state index contributed by atoms with van der Waals surface area (Å²) in [5.41, 5.74) is 4.27. The lowest BCUT2D eigenvalue weighted by Crippen LogP contribution is -2.51. The van der Waals surface area contributed by atoms with Gasteiger partial charge in [-0.2, -0.15) is 0 Å². The first kappa shape index (κ1) is 23.6. The number of fused-ring (bicyclic) bond motifs is 4. The highest BCUT2D eigenvalue weighted by Gasteiger charge is 2.59. The van der Waals surface area contributed by atoms with E-state index in [4.69, 9.17) is 9.47 Å². The van der Waals surface area contributed by atoms with E-state index in [1.165, 1.54) is 0 Å². The second kappa shape index (κ2) is 9.12. The maximum atomic E-state index is 13.6. The first-order chi connectivity index (χ1) is 16.9. The van der Waals surface area contributed by atoms with Crippen molar-refractivity contribution in [3.63, 3.8) is 0 Å². The number of ether oxygens (including phenoxy) is 2. The number of carbonyl (C=O) groups is 2. The minimum absolute atomic E-state index is 0.196. The van der Waals surface area contributed by atoms with Crippen molar-refractivity contribution >= 4 is 33.4 Å². The number of halogens is 1. The number of carbonyl (C=O) groups excluding carboxylic acids is 2. The highest BCUT2D eigenvalue weighted by atomic mass is 79.9. The van der Waals surface area contributed by atoms with E-state index in [0.29, 0.717) is 0 Å². The molecule has 0 radical (unpaired) electrons. The van der Waals surface area contributed by atoms with Crippen LogP contribution in [0.2, 0.25) is 0 Å². The number of hydrogen-bond acceptors (Lipinski definition) is 4. The molecule has 0 heterocycles. The second-order valence-corrected chi connectivity index (χ2v) is 10.0. The minimum atomic E-state index is -1.44. The second-order valence-electron chi connectivity index (χ2n) is 9.12. The third-order valence-electron chi connectivity index (χ3n) is 7.13. The fourth-order valence-electron chi connectivity index (χ4n) is 5.72. The molecule has 2 aliphatic rings. The van der Waals surface area contributed by atoms with Crippen LogP contribution in [-0.2, 0) is 30.9 Å². The molecule has 0 aromatic heterocycles. The number of benzene rings is 3. The minimum Gasteiger partial charge on any atom is -0.465 e. The molecule has 1 spiro atoms. The molecule has 0 amide bonds. The van der Waals surface area contributed by atoms with Crippen molar-refractivity contribution in [2.75, 3.05) is 13.2 Å². The van der Waals surface area contributed by atoms with Crippen LogP contribution >= 0.6 is 15.9 Å². The highest BCUT2D eigenvalue weighted by molar-refractivity contribution is 9.10. The molecule has 0 N–H and O–H groups in total. The predicted octanol–water partition coefficient (Wildman–Crippen LogP) is 6.24. The molecule has 2 aliphatic carbocycles. The largest absolute Gasteiger partial charge is 0.465 e. The van der Waals surface area contributed by atoms with Crippen LogP contribution in [-0.4, -0.2) is 25.2 Å². The van der Waals surface area contributed by atoms with Crippen LogP contribution in [0.15, 0.2) is 83.3 Å². The molecule has 0 saturated carbocycles. The van der Waals surface area contributed by atoms with E-state index in [9.17, 15) is 9.59 Å². The van der Waals surface area contributed by atoms with Gasteiger partial charge in [0.25, 0.3) is 0 Å². The highest BCUT2D eigenvalue weighted by Crippen LogP contribution is 2.57. The molecule has 178 valence electrons. The van der Waals surface area contributed by atoms with Crippen LogP contribution in [0.1, 0.15) is 48.1 Å². The number of esters is 2. The molecule has 3 aromatic rings. The Labute approximate surface area is 214 Å². The SMILES string of the molecule is CCOC(=O)C1(C(=O)OCC)Cc2ccc(Br)cc2C2(C=C(c3ccccc3)c3ccccc32)C1. The van der Waals surface area contributed by atoms with Gasteiger partial charge in [-0.1, -0.05) is 82.7 Å². The molecule has 0 aliphatic heterocycles. The normalized spacial score (nSPS) is 19.5. The number of hydrogen-bond donors (Lipinski definition) is 0. The Balaban J connectivity index is 1.82. The zero-order valence-corrected chi connectivity index (χ0v) is 21.4. The van der Waals surface area contributed by atoms with E-state index in [1.807, 2.05) is 42.5 Å². The molecule has 4 nitrogen and oxygen atoms in total. The lowest BCUT2D eigenvalue weighted by atomic mass is 9.58. The zero-order chi connectivity index (χ0) is 24.6. The van der Waals surface area contributed by atoms with Gasteiger partial charge in [-0.15, -0.1) is 0 Å². The maximum absolute atomic E-state index is 13.6. The van der Waals surface area contributed by atoms with E-state index >= 15 is 0 Å². The van der Waals surface area contributed by atoms with Crippen LogP contribution in [0.4, 0.5) is 0 Å². The van der Waals surface area contributed by atoms with Gasteiger partial charge in [0.1, 0.15) is 0 Å². The Morgan fingerprint density at radius 2 is 1.51 bits per heavy atom. The summed E-state index contributed by atoms with van der Waals surface area (Å²) in [6.45, 7) is 3.92. The fourth-order valence-corrected chi connectivity index (χ4v) is 6.08. The van der Waals surface area contributed by atoms with Gasteiger partial charge in [0.05, 0.1) is 13.2 Å². The van der Waals surface area contributed by atoms with Crippen molar-refractivity contribution in [1.29, 1.82) is 0 Å². The van der Waals surface area contributed by atoms with Gasteiger partial charge in [-0.25, -0.2) is 0 Å². The van der Waals surface area contributed by atoms with E-state index in [0.717, 1.165) is 37.9 Å². The topological polar surface area (TPSA) is 52.6 Å². The molecule has 5 heteroatoms. The Hall–Kier alpha value is -3.18. The van der Waals surface area contributed by atoms with Gasteiger partial charge in [-0.3, -0.25) is 9.59 Å². The van der Waals surface area contributed by atoms with Gasteiger partial charge >= 0.3 is 11.9 Å². The van der Waals surface area contributed by atoms with Gasteiger partial charge in [0.15, 0.2) is 5.41 Å². The van der Waals surface area contributed by atoms with Crippen LogP contribution in [0.3, 0.4) is 0 Å². The summed E-state index contributed by atoms with van der Waals surface area (Å²) in [5.74, 6) is -1.05. The average Bonchev–Trinajstić information content (AvgIpc) is 3.20. The smallest absolute Gasteiger partial charge is 0.323 e. The first-order valence-electron chi connectivity index (χ1n) is 12.0. The van der Waals surface area contributed by atoms with Crippen molar-refractivity contribution in [3.05, 3.63) is 111 Å². The lowest BCUT2D eigenvalue weighted by molar-refractivity contribution is -0.174. The van der Waals surface area contributed by atoms with Crippen molar-refractivity contribution in [2.45, 2.75) is 32.1 Å². The van der Waals surface area contributed by atoms with Crippen molar-refractivity contribution in [3.8, 4) is 0 Å². The van der Waals surface area contributed by atoms with Crippen LogP contribution in [0.5, 0.6) is 0 Å². The third-order valence-corrected chi connectivity index (χ3v) is 7.62. The van der Waals surface area contributed by atoms with Gasteiger partial charge in [-0.05, 0) is 72.2 Å². The van der Waals surface area contributed by atoms with Gasteiger partial charge < -0.3 is 9.47 Å². The summed E-state index contributed by atoms with van der Waals surface area (Å²) in [4.78, 5) is 27.1. The maximum Gasteiger partial charge on any atom is 0.323 e. The molecular weight excluding hydrogens is 504 g/mol. The number of allylic oxidation sites excluding steroid dienone is 1. The van der Waals surface area contributed by atoms with E-state index in [-0.39, 0.29) is 26.1 Å². The Kier molecular flexibility index (Phi) is 6.14. The summed E-state index contributed by atoms with van der Waals surface area (Å²) < 4.78 is 12.0. The standard InChI is InChI=1S/C30H27BrO4/c1-3-34-27(32)30(28(33)35-4-2)17-21-14-15-22(31)16-26(21)29(19-30)18-24(20-10-6-5-7-11-20)23-12-8-9-13-25(23)29/h5-16,18H,3-4,17,19H2,1-2H3. The van der Waals surface area contributed by atoms with E-state index < -0.39 is 22.8 Å². The summed E-state index contributed by atoms with van der Waals surface area (Å²) in [7, 11) is 0. The predicted molar refractivity (Wildman–Crippen MR) is 139 cm³/mol. The lowest BCUT2D eigenvalue weighted by Gasteiger charge is -2.44. The molecule has 0 fully saturated rings.